The summed E-state index contributed by atoms with van der Waals surface area (Å²) in [5, 5.41) is 3.03. The van der Waals surface area contributed by atoms with Crippen molar-refractivity contribution >= 4 is 11.6 Å². The Hall–Kier alpha value is -1.56. The minimum Gasteiger partial charge on any atom is -0.311 e. The second-order valence-electron chi connectivity index (χ2n) is 4.44. The molecule has 1 aliphatic rings. The molecule has 0 bridgehead atoms. The molecule has 1 fully saturated rings. The molecular formula is C13H15F3N2O. The van der Waals surface area contributed by atoms with Crippen molar-refractivity contribution in [3.63, 3.8) is 0 Å². The first-order valence-corrected chi connectivity index (χ1v) is 6.15. The summed E-state index contributed by atoms with van der Waals surface area (Å²) < 4.78 is 37.9. The van der Waals surface area contributed by atoms with Crippen LogP contribution < -0.4 is 10.2 Å². The third kappa shape index (κ3) is 2.89. The van der Waals surface area contributed by atoms with Crippen LogP contribution in [0, 0.1) is 0 Å². The lowest BCUT2D eigenvalue weighted by Crippen LogP contribution is -2.38. The van der Waals surface area contributed by atoms with Gasteiger partial charge >= 0.3 is 6.18 Å². The molecule has 1 N–H and O–H groups in total. The molecule has 0 aliphatic carbocycles. The molecule has 1 saturated heterocycles. The number of hydrogen-bond acceptors (Lipinski definition) is 2. The van der Waals surface area contributed by atoms with Crippen molar-refractivity contribution < 1.29 is 18.0 Å². The van der Waals surface area contributed by atoms with Crippen LogP contribution in [0.3, 0.4) is 0 Å². The summed E-state index contributed by atoms with van der Waals surface area (Å²) in [6.07, 6.45) is -3.78. The highest BCUT2D eigenvalue weighted by Gasteiger charge is 2.34. The molecular weight excluding hydrogens is 257 g/mol. The molecule has 3 nitrogen and oxygen atoms in total. The SMILES string of the molecule is CCNC1CCN(c2cccc(C(F)(F)F)c2)C1=O. The Morgan fingerprint density at radius 2 is 2.16 bits per heavy atom. The van der Waals surface area contributed by atoms with Crippen LogP contribution in [0.5, 0.6) is 0 Å². The first-order valence-electron chi connectivity index (χ1n) is 6.15. The lowest BCUT2D eigenvalue weighted by atomic mass is 10.2. The van der Waals surface area contributed by atoms with E-state index < -0.39 is 11.7 Å². The minimum absolute atomic E-state index is 0.166. The predicted octanol–water partition coefficient (Wildman–Crippen LogP) is 2.42. The molecule has 104 valence electrons. The zero-order valence-corrected chi connectivity index (χ0v) is 10.5. The summed E-state index contributed by atoms with van der Waals surface area (Å²) in [5.41, 5.74) is -0.426. The Kier molecular flexibility index (Phi) is 3.80. The van der Waals surface area contributed by atoms with Gasteiger partial charge in [-0.15, -0.1) is 0 Å². The monoisotopic (exact) mass is 272 g/mol. The summed E-state index contributed by atoms with van der Waals surface area (Å²) in [6, 6.07) is 4.59. The van der Waals surface area contributed by atoms with Gasteiger partial charge in [0.25, 0.3) is 0 Å². The van der Waals surface area contributed by atoms with Gasteiger partial charge < -0.3 is 10.2 Å². The Balaban J connectivity index is 2.22. The predicted molar refractivity (Wildman–Crippen MR) is 65.9 cm³/mol. The Bertz CT molecular complexity index is 473. The number of rotatable bonds is 3. The fraction of sp³-hybridized carbons (Fsp3) is 0.462. The highest BCUT2D eigenvalue weighted by atomic mass is 19.4. The summed E-state index contributed by atoms with van der Waals surface area (Å²) in [5.74, 6) is -0.166. The Labute approximate surface area is 109 Å². The van der Waals surface area contributed by atoms with Crippen molar-refractivity contribution in [1.29, 1.82) is 0 Å². The van der Waals surface area contributed by atoms with Gasteiger partial charge in [-0.2, -0.15) is 13.2 Å². The molecule has 1 amide bonds. The molecule has 0 radical (unpaired) electrons. The van der Waals surface area contributed by atoms with E-state index in [1.54, 1.807) is 0 Å². The number of carbonyl (C=O) groups is 1. The Morgan fingerprint density at radius 3 is 2.79 bits per heavy atom. The fourth-order valence-electron chi connectivity index (χ4n) is 2.22. The summed E-state index contributed by atoms with van der Waals surface area (Å²) >= 11 is 0. The number of alkyl halides is 3. The van der Waals surface area contributed by atoms with Crippen LogP contribution in [0.4, 0.5) is 18.9 Å². The van der Waals surface area contributed by atoms with Crippen molar-refractivity contribution in [1.82, 2.24) is 5.32 Å². The van der Waals surface area contributed by atoms with Crippen LogP contribution in [0.15, 0.2) is 24.3 Å². The Morgan fingerprint density at radius 1 is 1.42 bits per heavy atom. The van der Waals surface area contributed by atoms with E-state index in [4.69, 9.17) is 0 Å². The van der Waals surface area contributed by atoms with Crippen LogP contribution in [0.2, 0.25) is 0 Å². The molecule has 1 aromatic carbocycles. The van der Waals surface area contributed by atoms with Gasteiger partial charge in [-0.1, -0.05) is 13.0 Å². The third-order valence-electron chi connectivity index (χ3n) is 3.14. The second-order valence-corrected chi connectivity index (χ2v) is 4.44. The van der Waals surface area contributed by atoms with Gasteiger partial charge in [0.1, 0.15) is 0 Å². The van der Waals surface area contributed by atoms with Crippen molar-refractivity contribution in [2.45, 2.75) is 25.6 Å². The van der Waals surface area contributed by atoms with Gasteiger partial charge in [0.2, 0.25) is 5.91 Å². The van der Waals surface area contributed by atoms with Crippen LogP contribution in [0.1, 0.15) is 18.9 Å². The number of carbonyl (C=O) groups excluding carboxylic acids is 1. The van der Waals surface area contributed by atoms with E-state index >= 15 is 0 Å². The van der Waals surface area contributed by atoms with E-state index in [1.807, 2.05) is 6.92 Å². The fourth-order valence-corrected chi connectivity index (χ4v) is 2.22. The van der Waals surface area contributed by atoms with Gasteiger partial charge in [0, 0.05) is 12.2 Å². The van der Waals surface area contributed by atoms with Crippen LogP contribution in [-0.2, 0) is 11.0 Å². The topological polar surface area (TPSA) is 32.3 Å². The number of amides is 1. The molecule has 2 rings (SSSR count). The van der Waals surface area contributed by atoms with Crippen molar-refractivity contribution in [3.8, 4) is 0 Å². The average molecular weight is 272 g/mol. The lowest BCUT2D eigenvalue weighted by Gasteiger charge is -2.18. The van der Waals surface area contributed by atoms with Crippen molar-refractivity contribution in [3.05, 3.63) is 29.8 Å². The molecule has 0 saturated carbocycles. The molecule has 0 aromatic heterocycles. The zero-order valence-electron chi connectivity index (χ0n) is 10.5. The number of likely N-dealkylation sites (N-methyl/N-ethyl adjacent to an activating group) is 1. The summed E-state index contributed by atoms with van der Waals surface area (Å²) in [7, 11) is 0. The molecule has 19 heavy (non-hydrogen) atoms. The normalized spacial score (nSPS) is 20.1. The van der Waals surface area contributed by atoms with Gasteiger partial charge in [-0.25, -0.2) is 0 Å². The molecule has 1 aromatic rings. The van der Waals surface area contributed by atoms with Crippen LogP contribution in [0.25, 0.3) is 0 Å². The molecule has 1 atom stereocenters. The number of hydrogen-bond donors (Lipinski definition) is 1. The maximum absolute atomic E-state index is 12.6. The van der Waals surface area contributed by atoms with Gasteiger partial charge in [-0.05, 0) is 31.2 Å². The minimum atomic E-state index is -4.39. The van der Waals surface area contributed by atoms with E-state index in [0.717, 1.165) is 12.1 Å². The van der Waals surface area contributed by atoms with Crippen molar-refractivity contribution in [2.75, 3.05) is 18.0 Å². The van der Waals surface area contributed by atoms with E-state index in [9.17, 15) is 18.0 Å². The van der Waals surface area contributed by atoms with E-state index in [1.165, 1.54) is 17.0 Å². The quantitative estimate of drug-likeness (QED) is 0.916. The number of benzene rings is 1. The first kappa shape index (κ1) is 13.9. The van der Waals surface area contributed by atoms with Crippen molar-refractivity contribution in [2.24, 2.45) is 0 Å². The third-order valence-corrected chi connectivity index (χ3v) is 3.14. The zero-order chi connectivity index (χ0) is 14.0. The highest BCUT2D eigenvalue weighted by Crippen LogP contribution is 2.32. The molecule has 1 aliphatic heterocycles. The number of anilines is 1. The molecule has 6 heteroatoms. The summed E-state index contributed by atoms with van der Waals surface area (Å²) in [4.78, 5) is 13.4. The number of nitrogens with zero attached hydrogens (tertiary/aromatic N) is 1. The first-order chi connectivity index (χ1) is 8.93. The molecule has 1 heterocycles. The van der Waals surface area contributed by atoms with Crippen LogP contribution >= 0.6 is 0 Å². The van der Waals surface area contributed by atoms with E-state index in [2.05, 4.69) is 5.32 Å². The summed E-state index contributed by atoms with van der Waals surface area (Å²) in [6.45, 7) is 2.99. The second kappa shape index (κ2) is 5.21. The number of nitrogens with one attached hydrogen (secondary N) is 1. The maximum atomic E-state index is 12.6. The molecule has 0 spiro atoms. The highest BCUT2D eigenvalue weighted by molar-refractivity contribution is 5.99. The van der Waals surface area contributed by atoms with Gasteiger partial charge in [-0.3, -0.25) is 4.79 Å². The molecule has 1 unspecified atom stereocenters. The maximum Gasteiger partial charge on any atom is 0.416 e. The number of halogens is 3. The largest absolute Gasteiger partial charge is 0.416 e. The average Bonchev–Trinajstić information content (AvgIpc) is 2.71. The van der Waals surface area contributed by atoms with Gasteiger partial charge in [0.15, 0.2) is 0 Å². The van der Waals surface area contributed by atoms with Gasteiger partial charge in [0.05, 0.1) is 11.6 Å². The van der Waals surface area contributed by atoms with E-state index in [0.29, 0.717) is 25.2 Å². The lowest BCUT2D eigenvalue weighted by molar-refractivity contribution is -0.137. The standard InChI is InChI=1S/C13H15F3N2O/c1-2-17-11-6-7-18(12(11)19)10-5-3-4-9(8-10)13(14,15)16/h3-5,8,11,17H,2,6-7H2,1H3. The smallest absolute Gasteiger partial charge is 0.311 e. The van der Waals surface area contributed by atoms with Crippen LogP contribution in [-0.4, -0.2) is 25.0 Å². The van der Waals surface area contributed by atoms with E-state index in [-0.39, 0.29) is 11.9 Å².